The van der Waals surface area contributed by atoms with E-state index < -0.39 is 0 Å². The van der Waals surface area contributed by atoms with Gasteiger partial charge in [-0.25, -0.2) is 4.98 Å². The Morgan fingerprint density at radius 1 is 1.26 bits per heavy atom. The number of nitrogens with one attached hydrogen (secondary N) is 1. The van der Waals surface area contributed by atoms with Crippen LogP contribution < -0.4 is 15.6 Å². The number of benzene rings is 1. The lowest BCUT2D eigenvalue weighted by molar-refractivity contribution is -0.122. The number of carbonyl (C=O) groups excluding carboxylic acids is 1. The first-order valence-electron chi connectivity index (χ1n) is 8.82. The maximum atomic E-state index is 12.8. The van der Waals surface area contributed by atoms with Gasteiger partial charge in [0.15, 0.2) is 0 Å². The van der Waals surface area contributed by atoms with Gasteiger partial charge in [0.05, 0.1) is 19.0 Å². The second kappa shape index (κ2) is 7.92. The Bertz CT molecular complexity index is 1010. The second-order valence-electron chi connectivity index (χ2n) is 6.83. The molecule has 0 aliphatic carbocycles. The number of aromatic nitrogens is 2. The number of ether oxygens (including phenoxy) is 1. The van der Waals surface area contributed by atoms with Gasteiger partial charge < -0.3 is 10.1 Å². The number of nitrogens with zero attached hydrogens (tertiary/aromatic N) is 2. The third-order valence-electron chi connectivity index (χ3n) is 4.58. The lowest BCUT2D eigenvalue weighted by atomic mass is 10.1. The van der Waals surface area contributed by atoms with Gasteiger partial charge in [0.1, 0.15) is 17.0 Å². The van der Waals surface area contributed by atoms with E-state index in [4.69, 9.17) is 4.74 Å². The van der Waals surface area contributed by atoms with E-state index in [0.29, 0.717) is 16.1 Å². The molecule has 3 aromatic rings. The van der Waals surface area contributed by atoms with Gasteiger partial charge >= 0.3 is 0 Å². The van der Waals surface area contributed by atoms with E-state index in [9.17, 15) is 9.59 Å². The van der Waals surface area contributed by atoms with Crippen molar-refractivity contribution in [1.82, 2.24) is 14.9 Å². The Hall–Kier alpha value is -2.67. The minimum absolute atomic E-state index is 0.0331. The third kappa shape index (κ3) is 4.19. The van der Waals surface area contributed by atoms with Crippen molar-refractivity contribution in [2.45, 2.75) is 33.4 Å². The number of hydrogen-bond donors (Lipinski definition) is 1. The van der Waals surface area contributed by atoms with Gasteiger partial charge in [-0.05, 0) is 48.7 Å². The molecule has 0 spiro atoms. The first-order valence-corrected chi connectivity index (χ1v) is 9.63. The fourth-order valence-corrected chi connectivity index (χ4v) is 3.64. The predicted octanol–water partition coefficient (Wildman–Crippen LogP) is 3.29. The molecule has 0 saturated carbocycles. The van der Waals surface area contributed by atoms with Crippen LogP contribution in [0.4, 0.5) is 0 Å². The molecule has 142 valence electrons. The Kier molecular flexibility index (Phi) is 5.60. The van der Waals surface area contributed by atoms with Crippen LogP contribution in [0.25, 0.3) is 20.7 Å². The number of fused-ring (bicyclic) bond motifs is 1. The van der Waals surface area contributed by atoms with Gasteiger partial charge in [0, 0.05) is 10.9 Å². The maximum absolute atomic E-state index is 12.8. The molecule has 1 amide bonds. The van der Waals surface area contributed by atoms with Crippen molar-refractivity contribution in [3.05, 3.63) is 47.0 Å². The molecule has 3 rings (SSSR count). The summed E-state index contributed by atoms with van der Waals surface area (Å²) in [7, 11) is 1.62. The van der Waals surface area contributed by atoms with E-state index in [1.807, 2.05) is 51.1 Å². The SMILES string of the molecule is COc1ccc(-c2cc3ncn(CC(=O)N[C@@H](C)C(C)C)c(=O)c3s2)cc1. The molecule has 27 heavy (non-hydrogen) atoms. The van der Waals surface area contributed by atoms with Crippen LogP contribution in [-0.4, -0.2) is 28.6 Å². The molecule has 6 nitrogen and oxygen atoms in total. The fourth-order valence-electron chi connectivity index (χ4n) is 2.58. The van der Waals surface area contributed by atoms with E-state index in [0.717, 1.165) is 16.2 Å². The Balaban J connectivity index is 1.86. The number of hydrogen-bond acceptors (Lipinski definition) is 5. The summed E-state index contributed by atoms with van der Waals surface area (Å²) >= 11 is 1.38. The van der Waals surface area contributed by atoms with Gasteiger partial charge in [0.2, 0.25) is 5.91 Å². The molecule has 1 atom stereocenters. The van der Waals surface area contributed by atoms with Gasteiger partial charge in [-0.2, -0.15) is 0 Å². The van der Waals surface area contributed by atoms with Gasteiger partial charge in [-0.3, -0.25) is 14.2 Å². The minimum Gasteiger partial charge on any atom is -0.497 e. The Morgan fingerprint density at radius 3 is 2.59 bits per heavy atom. The average Bonchev–Trinajstić information content (AvgIpc) is 3.09. The molecule has 0 unspecified atom stereocenters. The Morgan fingerprint density at radius 2 is 1.96 bits per heavy atom. The monoisotopic (exact) mass is 385 g/mol. The summed E-state index contributed by atoms with van der Waals surface area (Å²) in [5.41, 5.74) is 1.44. The van der Waals surface area contributed by atoms with Crippen LogP contribution in [0.2, 0.25) is 0 Å². The van der Waals surface area contributed by atoms with Crippen molar-refractivity contribution in [3.8, 4) is 16.2 Å². The molecule has 2 heterocycles. The zero-order chi connectivity index (χ0) is 19.6. The number of thiophene rings is 1. The third-order valence-corrected chi connectivity index (χ3v) is 5.74. The summed E-state index contributed by atoms with van der Waals surface area (Å²) in [6.45, 7) is 6.00. The van der Waals surface area contributed by atoms with Gasteiger partial charge in [-0.1, -0.05) is 13.8 Å². The zero-order valence-corrected chi connectivity index (χ0v) is 16.7. The Labute approximate surface area is 161 Å². The summed E-state index contributed by atoms with van der Waals surface area (Å²) in [6, 6.07) is 9.60. The van der Waals surface area contributed by atoms with E-state index in [1.165, 1.54) is 22.2 Å². The molecule has 7 heteroatoms. The molecule has 0 saturated heterocycles. The topological polar surface area (TPSA) is 73.2 Å². The van der Waals surface area contributed by atoms with Crippen LogP contribution >= 0.6 is 11.3 Å². The summed E-state index contributed by atoms with van der Waals surface area (Å²) in [5.74, 6) is 0.920. The zero-order valence-electron chi connectivity index (χ0n) is 15.9. The van der Waals surface area contributed by atoms with Crippen LogP contribution in [-0.2, 0) is 11.3 Å². The van der Waals surface area contributed by atoms with Crippen molar-refractivity contribution in [1.29, 1.82) is 0 Å². The molecule has 0 fully saturated rings. The lowest BCUT2D eigenvalue weighted by Crippen LogP contribution is -2.39. The van der Waals surface area contributed by atoms with Crippen molar-refractivity contribution >= 4 is 27.5 Å². The smallest absolute Gasteiger partial charge is 0.271 e. The molecule has 1 aromatic carbocycles. The normalized spacial score (nSPS) is 12.3. The molecule has 1 N–H and O–H groups in total. The van der Waals surface area contributed by atoms with Gasteiger partial charge in [-0.15, -0.1) is 11.3 Å². The molecule has 0 radical (unpaired) electrons. The van der Waals surface area contributed by atoms with Crippen LogP contribution in [0.5, 0.6) is 5.75 Å². The predicted molar refractivity (Wildman–Crippen MR) is 108 cm³/mol. The van der Waals surface area contributed by atoms with Crippen LogP contribution in [0, 0.1) is 5.92 Å². The van der Waals surface area contributed by atoms with E-state index in [2.05, 4.69) is 10.3 Å². The first-order chi connectivity index (χ1) is 12.9. The fraction of sp³-hybridized carbons (Fsp3) is 0.350. The number of amides is 1. The molecule has 0 aliphatic heterocycles. The maximum Gasteiger partial charge on any atom is 0.271 e. The van der Waals surface area contributed by atoms with Crippen LogP contribution in [0.3, 0.4) is 0 Å². The highest BCUT2D eigenvalue weighted by atomic mass is 32.1. The summed E-state index contributed by atoms with van der Waals surface area (Å²) in [6.07, 6.45) is 1.44. The first kappa shape index (κ1) is 19.1. The standard InChI is InChI=1S/C20H23N3O3S/c1-12(2)13(3)22-18(24)10-23-11-21-16-9-17(27-19(16)20(23)25)14-5-7-15(26-4)8-6-14/h5-9,11-13H,10H2,1-4H3,(H,22,24)/t13-/m0/s1. The van der Waals surface area contributed by atoms with E-state index >= 15 is 0 Å². The van der Waals surface area contributed by atoms with Crippen molar-refractivity contribution in [3.63, 3.8) is 0 Å². The van der Waals surface area contributed by atoms with Crippen molar-refractivity contribution < 1.29 is 9.53 Å². The number of rotatable bonds is 6. The largest absolute Gasteiger partial charge is 0.497 e. The number of carbonyl (C=O) groups is 1. The van der Waals surface area contributed by atoms with E-state index in [1.54, 1.807) is 7.11 Å². The van der Waals surface area contributed by atoms with Crippen molar-refractivity contribution in [2.24, 2.45) is 5.92 Å². The summed E-state index contributed by atoms with van der Waals surface area (Å²) in [4.78, 5) is 30.3. The van der Waals surface area contributed by atoms with E-state index in [-0.39, 0.29) is 24.1 Å². The molecular weight excluding hydrogens is 362 g/mol. The summed E-state index contributed by atoms with van der Waals surface area (Å²) < 4.78 is 7.09. The highest BCUT2D eigenvalue weighted by Gasteiger charge is 2.14. The van der Waals surface area contributed by atoms with Crippen LogP contribution in [0.15, 0.2) is 41.5 Å². The van der Waals surface area contributed by atoms with Gasteiger partial charge in [0.25, 0.3) is 5.56 Å². The highest BCUT2D eigenvalue weighted by Crippen LogP contribution is 2.31. The van der Waals surface area contributed by atoms with Crippen molar-refractivity contribution in [2.75, 3.05) is 7.11 Å². The minimum atomic E-state index is -0.197. The highest BCUT2D eigenvalue weighted by molar-refractivity contribution is 7.22. The number of methoxy groups -OCH3 is 1. The molecule has 0 bridgehead atoms. The van der Waals surface area contributed by atoms with Crippen LogP contribution in [0.1, 0.15) is 20.8 Å². The second-order valence-corrected chi connectivity index (χ2v) is 7.88. The quantitative estimate of drug-likeness (QED) is 0.707. The molecule has 0 aliphatic rings. The molecule has 2 aromatic heterocycles. The molecular formula is C20H23N3O3S. The average molecular weight is 385 g/mol. The summed E-state index contributed by atoms with van der Waals surface area (Å²) in [5, 5.41) is 2.91. The lowest BCUT2D eigenvalue weighted by Gasteiger charge is -2.17.